The fourth-order valence-corrected chi connectivity index (χ4v) is 2.80. The fourth-order valence-electron chi connectivity index (χ4n) is 2.80. The Hall–Kier alpha value is -0.870. The van der Waals surface area contributed by atoms with Gasteiger partial charge in [0, 0.05) is 19.1 Å². The number of likely N-dealkylation sites (tertiary alicyclic amines) is 1. The largest absolute Gasteiger partial charge is 0.355 e. The third-order valence-electron chi connectivity index (χ3n) is 3.85. The maximum atomic E-state index is 11.9. The summed E-state index contributed by atoms with van der Waals surface area (Å²) in [6.07, 6.45) is 7.27. The summed E-state index contributed by atoms with van der Waals surface area (Å²) in [5.41, 5.74) is 5.75. The van der Waals surface area contributed by atoms with E-state index < -0.39 is 0 Å². The lowest BCUT2D eigenvalue weighted by atomic mass is 10.1. The van der Waals surface area contributed by atoms with Gasteiger partial charge in [0.15, 0.2) is 0 Å². The molecule has 3 unspecified atom stereocenters. The van der Waals surface area contributed by atoms with E-state index >= 15 is 0 Å². The van der Waals surface area contributed by atoms with Crippen molar-refractivity contribution in [3.05, 3.63) is 12.2 Å². The van der Waals surface area contributed by atoms with Gasteiger partial charge in [0.25, 0.3) is 0 Å². The lowest BCUT2D eigenvalue weighted by Gasteiger charge is -2.21. The van der Waals surface area contributed by atoms with Crippen LogP contribution in [-0.4, -0.2) is 43.0 Å². The van der Waals surface area contributed by atoms with E-state index in [9.17, 15) is 4.79 Å². The van der Waals surface area contributed by atoms with Gasteiger partial charge in [-0.15, -0.1) is 0 Å². The molecule has 0 saturated carbocycles. The summed E-state index contributed by atoms with van der Waals surface area (Å²) >= 11 is 0. The lowest BCUT2D eigenvalue weighted by Crippen LogP contribution is -2.37. The van der Waals surface area contributed by atoms with Crippen molar-refractivity contribution in [2.45, 2.75) is 32.2 Å². The highest BCUT2D eigenvalue weighted by Crippen LogP contribution is 2.16. The molecule has 0 radical (unpaired) electrons. The summed E-state index contributed by atoms with van der Waals surface area (Å²) in [6.45, 7) is 6.51. The van der Waals surface area contributed by atoms with Gasteiger partial charge in [-0.3, -0.25) is 4.79 Å². The molecule has 4 heteroatoms. The predicted octanol–water partition coefficient (Wildman–Crippen LogP) is 0.738. The third-order valence-corrected chi connectivity index (χ3v) is 3.85. The van der Waals surface area contributed by atoms with Crippen LogP contribution in [0.5, 0.6) is 0 Å². The molecule has 0 bridgehead atoms. The van der Waals surface area contributed by atoms with Gasteiger partial charge in [-0.2, -0.15) is 0 Å². The average molecular weight is 251 g/mol. The molecule has 1 aliphatic carbocycles. The van der Waals surface area contributed by atoms with E-state index in [1.165, 1.54) is 25.9 Å². The molecule has 1 amide bonds. The first-order valence-corrected chi connectivity index (χ1v) is 7.09. The average Bonchev–Trinajstić information content (AvgIpc) is 2.97. The number of hydrogen-bond donors (Lipinski definition) is 2. The van der Waals surface area contributed by atoms with Crippen molar-refractivity contribution in [3.8, 4) is 0 Å². The summed E-state index contributed by atoms with van der Waals surface area (Å²) in [6, 6.07) is 0.0581. The van der Waals surface area contributed by atoms with E-state index in [1.54, 1.807) is 0 Å². The number of amides is 1. The van der Waals surface area contributed by atoms with Gasteiger partial charge in [0.05, 0.1) is 5.92 Å². The molecular formula is C14H25N3O. The zero-order valence-electron chi connectivity index (χ0n) is 11.3. The highest BCUT2D eigenvalue weighted by atomic mass is 16.1. The van der Waals surface area contributed by atoms with Crippen molar-refractivity contribution >= 4 is 5.91 Å². The monoisotopic (exact) mass is 251 g/mol. The second-order valence-electron chi connectivity index (χ2n) is 5.75. The molecule has 3 N–H and O–H groups in total. The van der Waals surface area contributed by atoms with Crippen LogP contribution in [-0.2, 0) is 4.79 Å². The number of carbonyl (C=O) groups excluding carboxylic acids is 1. The highest BCUT2D eigenvalue weighted by Gasteiger charge is 2.23. The molecule has 0 aromatic rings. The number of carbonyl (C=O) groups is 1. The first kappa shape index (κ1) is 13.6. The van der Waals surface area contributed by atoms with Crippen LogP contribution in [0.4, 0.5) is 0 Å². The molecule has 2 rings (SSSR count). The molecule has 0 aromatic carbocycles. The summed E-state index contributed by atoms with van der Waals surface area (Å²) in [7, 11) is 0. The Morgan fingerprint density at radius 2 is 2.17 bits per heavy atom. The standard InChI is InChI=1S/C14H25N3O/c1-11(10-17-6-2-3-7-17)9-16-14(18)12-4-5-13(15)8-12/h4-5,11-13H,2-3,6-10,15H2,1H3,(H,16,18). The SMILES string of the molecule is CC(CNC(=O)C1C=CC(N)C1)CN1CCCC1. The van der Waals surface area contributed by atoms with Crippen LogP contribution in [0.2, 0.25) is 0 Å². The zero-order valence-corrected chi connectivity index (χ0v) is 11.3. The Morgan fingerprint density at radius 3 is 2.78 bits per heavy atom. The predicted molar refractivity (Wildman–Crippen MR) is 73.1 cm³/mol. The quantitative estimate of drug-likeness (QED) is 0.709. The van der Waals surface area contributed by atoms with Crippen LogP contribution in [0.1, 0.15) is 26.2 Å². The van der Waals surface area contributed by atoms with E-state index in [1.807, 2.05) is 12.2 Å². The first-order valence-electron chi connectivity index (χ1n) is 7.09. The number of nitrogens with two attached hydrogens (primary N) is 1. The Labute approximate surface area is 110 Å². The molecule has 3 atom stereocenters. The second-order valence-corrected chi connectivity index (χ2v) is 5.75. The van der Waals surface area contributed by atoms with Gasteiger partial charge >= 0.3 is 0 Å². The Morgan fingerprint density at radius 1 is 1.44 bits per heavy atom. The highest BCUT2D eigenvalue weighted by molar-refractivity contribution is 5.81. The first-order chi connectivity index (χ1) is 8.65. The number of nitrogens with zero attached hydrogens (tertiary/aromatic N) is 1. The van der Waals surface area contributed by atoms with Gasteiger partial charge < -0.3 is 16.0 Å². The van der Waals surface area contributed by atoms with Crippen LogP contribution in [0, 0.1) is 11.8 Å². The molecule has 1 saturated heterocycles. The van der Waals surface area contributed by atoms with Crippen LogP contribution >= 0.6 is 0 Å². The van der Waals surface area contributed by atoms with Crippen LogP contribution in [0.15, 0.2) is 12.2 Å². The number of hydrogen-bond acceptors (Lipinski definition) is 3. The third kappa shape index (κ3) is 3.82. The van der Waals surface area contributed by atoms with Crippen molar-refractivity contribution in [2.75, 3.05) is 26.2 Å². The lowest BCUT2D eigenvalue weighted by molar-refractivity contribution is -0.123. The van der Waals surface area contributed by atoms with Crippen LogP contribution in [0.3, 0.4) is 0 Å². The molecule has 1 heterocycles. The molecule has 1 aliphatic heterocycles. The van der Waals surface area contributed by atoms with E-state index in [0.29, 0.717) is 5.92 Å². The Balaban J connectivity index is 1.64. The van der Waals surface area contributed by atoms with Crippen molar-refractivity contribution in [1.82, 2.24) is 10.2 Å². The Bertz CT molecular complexity index is 310. The van der Waals surface area contributed by atoms with E-state index in [-0.39, 0.29) is 17.9 Å². The van der Waals surface area contributed by atoms with E-state index in [4.69, 9.17) is 5.73 Å². The van der Waals surface area contributed by atoms with Crippen LogP contribution < -0.4 is 11.1 Å². The van der Waals surface area contributed by atoms with Crippen molar-refractivity contribution in [2.24, 2.45) is 17.6 Å². The van der Waals surface area contributed by atoms with Gasteiger partial charge in [0.2, 0.25) is 5.91 Å². The molecule has 0 aromatic heterocycles. The minimum atomic E-state index is -0.0148. The fraction of sp³-hybridized carbons (Fsp3) is 0.786. The van der Waals surface area contributed by atoms with Crippen molar-refractivity contribution < 1.29 is 4.79 Å². The minimum Gasteiger partial charge on any atom is -0.355 e. The minimum absolute atomic E-state index is 0.0148. The van der Waals surface area contributed by atoms with Gasteiger partial charge in [-0.25, -0.2) is 0 Å². The number of rotatable bonds is 5. The van der Waals surface area contributed by atoms with Gasteiger partial charge in [0.1, 0.15) is 0 Å². The molecule has 4 nitrogen and oxygen atoms in total. The van der Waals surface area contributed by atoms with Crippen molar-refractivity contribution in [3.63, 3.8) is 0 Å². The maximum absolute atomic E-state index is 11.9. The molecule has 102 valence electrons. The summed E-state index contributed by atoms with van der Waals surface area (Å²) < 4.78 is 0. The summed E-state index contributed by atoms with van der Waals surface area (Å²) in [5.74, 6) is 0.637. The molecule has 2 aliphatic rings. The van der Waals surface area contributed by atoms with Gasteiger partial charge in [-0.05, 0) is 38.3 Å². The zero-order chi connectivity index (χ0) is 13.0. The molecule has 0 spiro atoms. The normalized spacial score (nSPS) is 29.7. The maximum Gasteiger partial charge on any atom is 0.227 e. The molecule has 1 fully saturated rings. The van der Waals surface area contributed by atoms with Crippen molar-refractivity contribution in [1.29, 1.82) is 0 Å². The van der Waals surface area contributed by atoms with Gasteiger partial charge in [-0.1, -0.05) is 19.1 Å². The topological polar surface area (TPSA) is 58.4 Å². The molecule has 18 heavy (non-hydrogen) atoms. The summed E-state index contributed by atoms with van der Waals surface area (Å²) in [5, 5.41) is 3.05. The summed E-state index contributed by atoms with van der Waals surface area (Å²) in [4.78, 5) is 14.4. The number of nitrogens with one attached hydrogen (secondary N) is 1. The van der Waals surface area contributed by atoms with E-state index in [2.05, 4.69) is 17.1 Å². The molecular weight excluding hydrogens is 226 g/mol. The Kier molecular flexibility index (Phi) is 4.78. The second kappa shape index (κ2) is 6.34. The van der Waals surface area contributed by atoms with E-state index in [0.717, 1.165) is 19.5 Å². The smallest absolute Gasteiger partial charge is 0.227 e. The van der Waals surface area contributed by atoms with Crippen LogP contribution in [0.25, 0.3) is 0 Å².